The number of carbonyl (C=O) groups excluding carboxylic acids is 1. The van der Waals surface area contributed by atoms with Gasteiger partial charge in [-0.2, -0.15) is 4.98 Å². The molecule has 0 aliphatic carbocycles. The number of hydrogen-bond acceptors (Lipinski definition) is 6. The number of amides is 1. The Bertz CT molecular complexity index is 1530. The van der Waals surface area contributed by atoms with Crippen molar-refractivity contribution in [1.29, 1.82) is 0 Å². The lowest BCUT2D eigenvalue weighted by atomic mass is 9.95. The van der Waals surface area contributed by atoms with Crippen LogP contribution in [0.1, 0.15) is 18.5 Å². The Morgan fingerprint density at radius 2 is 1.83 bits per heavy atom. The molecular weight excluding hydrogens is 503 g/mol. The molecule has 0 spiro atoms. The smallest absolute Gasteiger partial charge is 0.270 e. The van der Waals surface area contributed by atoms with Gasteiger partial charge in [0.25, 0.3) is 11.6 Å². The molecule has 3 aromatic carbocycles. The zero-order chi connectivity index (χ0) is 25.4. The van der Waals surface area contributed by atoms with Gasteiger partial charge in [0.05, 0.1) is 20.5 Å². The highest BCUT2D eigenvalue weighted by atomic mass is 35.5. The fourth-order valence-corrected chi connectivity index (χ4v) is 4.34. The van der Waals surface area contributed by atoms with E-state index in [0.29, 0.717) is 44.1 Å². The van der Waals surface area contributed by atoms with Crippen LogP contribution in [0, 0.1) is 10.1 Å². The summed E-state index contributed by atoms with van der Waals surface area (Å²) in [4.78, 5) is 28.9. The van der Waals surface area contributed by atoms with Crippen molar-refractivity contribution in [1.82, 2.24) is 14.8 Å². The van der Waals surface area contributed by atoms with E-state index in [2.05, 4.69) is 20.7 Å². The van der Waals surface area contributed by atoms with Gasteiger partial charge in [0, 0.05) is 29.1 Å². The van der Waals surface area contributed by atoms with Gasteiger partial charge in [0.2, 0.25) is 5.95 Å². The zero-order valence-electron chi connectivity index (χ0n) is 18.8. The van der Waals surface area contributed by atoms with Crippen LogP contribution in [0.5, 0.6) is 0 Å². The number of nitrogens with zero attached hydrogens (tertiary/aromatic N) is 4. The molecule has 1 aliphatic heterocycles. The van der Waals surface area contributed by atoms with Crippen LogP contribution in [0.2, 0.25) is 10.0 Å². The van der Waals surface area contributed by atoms with Gasteiger partial charge in [-0.25, -0.2) is 4.68 Å². The van der Waals surface area contributed by atoms with E-state index >= 15 is 0 Å². The van der Waals surface area contributed by atoms with Gasteiger partial charge in [-0.1, -0.05) is 59.6 Å². The van der Waals surface area contributed by atoms with E-state index in [-0.39, 0.29) is 17.4 Å². The van der Waals surface area contributed by atoms with E-state index in [4.69, 9.17) is 23.2 Å². The van der Waals surface area contributed by atoms with E-state index in [0.717, 1.165) is 0 Å². The molecule has 0 saturated heterocycles. The van der Waals surface area contributed by atoms with Crippen molar-refractivity contribution in [3.8, 4) is 11.4 Å². The van der Waals surface area contributed by atoms with Crippen LogP contribution in [0.4, 0.5) is 17.3 Å². The molecule has 0 radical (unpaired) electrons. The first-order valence-electron chi connectivity index (χ1n) is 10.8. The lowest BCUT2D eigenvalue weighted by molar-refractivity contribution is -0.384. The van der Waals surface area contributed by atoms with Crippen LogP contribution >= 0.6 is 23.2 Å². The van der Waals surface area contributed by atoms with Crippen LogP contribution in [-0.2, 0) is 4.79 Å². The van der Waals surface area contributed by atoms with E-state index in [1.54, 1.807) is 54.1 Å². The predicted octanol–water partition coefficient (Wildman–Crippen LogP) is 6.09. The van der Waals surface area contributed by atoms with Crippen LogP contribution in [0.15, 0.2) is 84.1 Å². The average molecular weight is 521 g/mol. The average Bonchev–Trinajstić information content (AvgIpc) is 3.29. The monoisotopic (exact) mass is 520 g/mol. The number of halogens is 2. The first-order valence-corrected chi connectivity index (χ1v) is 11.6. The zero-order valence-corrected chi connectivity index (χ0v) is 20.3. The van der Waals surface area contributed by atoms with Crippen LogP contribution in [0.3, 0.4) is 0 Å². The van der Waals surface area contributed by atoms with Crippen molar-refractivity contribution in [3.63, 3.8) is 0 Å². The number of hydrogen-bond donors (Lipinski definition) is 2. The number of nitrogens with one attached hydrogen (secondary N) is 2. The summed E-state index contributed by atoms with van der Waals surface area (Å²) in [6.45, 7) is 1.77. The summed E-state index contributed by atoms with van der Waals surface area (Å²) >= 11 is 12.5. The van der Waals surface area contributed by atoms with Crippen LogP contribution in [0.25, 0.3) is 11.4 Å². The molecular formula is C25H18Cl2N6O3. The molecule has 1 aliphatic rings. The van der Waals surface area contributed by atoms with Gasteiger partial charge in [-0.05, 0) is 36.8 Å². The summed E-state index contributed by atoms with van der Waals surface area (Å²) in [5.41, 5.74) is 2.67. The highest BCUT2D eigenvalue weighted by Crippen LogP contribution is 2.38. The molecule has 36 heavy (non-hydrogen) atoms. The number of carbonyl (C=O) groups is 1. The van der Waals surface area contributed by atoms with Crippen molar-refractivity contribution in [2.24, 2.45) is 0 Å². The molecule has 180 valence electrons. The Kier molecular flexibility index (Phi) is 6.17. The Morgan fingerprint density at radius 3 is 2.56 bits per heavy atom. The first-order chi connectivity index (χ1) is 17.3. The third-order valence-electron chi connectivity index (χ3n) is 5.70. The maximum Gasteiger partial charge on any atom is 0.270 e. The number of non-ortho nitro benzene ring substituents is 1. The maximum atomic E-state index is 13.5. The lowest BCUT2D eigenvalue weighted by Gasteiger charge is -2.29. The van der Waals surface area contributed by atoms with E-state index in [1.165, 1.54) is 12.1 Å². The van der Waals surface area contributed by atoms with Gasteiger partial charge < -0.3 is 10.6 Å². The number of aromatic nitrogens is 3. The molecule has 2 N–H and O–H groups in total. The molecule has 1 amide bonds. The van der Waals surface area contributed by atoms with E-state index in [9.17, 15) is 14.9 Å². The quantitative estimate of drug-likeness (QED) is 0.243. The summed E-state index contributed by atoms with van der Waals surface area (Å²) in [5.74, 6) is 0.311. The number of nitro benzene ring substituents is 1. The molecule has 2 heterocycles. The Hall–Kier alpha value is -4.21. The third kappa shape index (κ3) is 4.41. The minimum absolute atomic E-state index is 0.0773. The summed E-state index contributed by atoms with van der Waals surface area (Å²) in [7, 11) is 0. The van der Waals surface area contributed by atoms with Crippen LogP contribution in [-0.4, -0.2) is 25.6 Å². The van der Waals surface area contributed by atoms with E-state index < -0.39 is 11.0 Å². The van der Waals surface area contributed by atoms with Crippen molar-refractivity contribution in [2.45, 2.75) is 13.0 Å². The molecule has 0 saturated carbocycles. The molecule has 1 aromatic heterocycles. The molecule has 11 heteroatoms. The molecule has 1 atom stereocenters. The molecule has 1 unspecified atom stereocenters. The van der Waals surface area contributed by atoms with Crippen molar-refractivity contribution < 1.29 is 9.72 Å². The van der Waals surface area contributed by atoms with E-state index in [1.807, 2.05) is 18.2 Å². The Labute approximate surface area is 215 Å². The number of rotatable bonds is 5. The van der Waals surface area contributed by atoms with Crippen molar-refractivity contribution in [2.75, 3.05) is 10.6 Å². The minimum atomic E-state index is -0.695. The van der Waals surface area contributed by atoms with Crippen molar-refractivity contribution in [3.05, 3.63) is 110 Å². The second-order valence-corrected chi connectivity index (χ2v) is 8.89. The summed E-state index contributed by atoms with van der Waals surface area (Å²) in [5, 5.41) is 22.7. The fourth-order valence-electron chi connectivity index (χ4n) is 4.04. The standard InChI is InChI=1S/C25H18Cl2N6O3/c1-14-21(24(34)29-17-7-3-2-4-8-17)22(15-10-11-19(26)20(27)13-15)32-25(28-14)30-23(31-32)16-6-5-9-18(12-16)33(35)36/h2-13,22H,1H3,(H,29,34)(H,28,30,31). The Morgan fingerprint density at radius 1 is 1.06 bits per heavy atom. The summed E-state index contributed by atoms with van der Waals surface area (Å²) < 4.78 is 1.57. The molecule has 9 nitrogen and oxygen atoms in total. The lowest BCUT2D eigenvalue weighted by Crippen LogP contribution is -2.31. The number of fused-ring (bicyclic) bond motifs is 1. The van der Waals surface area contributed by atoms with Gasteiger partial charge in [0.15, 0.2) is 5.82 Å². The normalized spacial score (nSPS) is 14.7. The molecule has 4 aromatic rings. The number of allylic oxidation sites excluding steroid dienone is 1. The number of anilines is 2. The topological polar surface area (TPSA) is 115 Å². The number of nitro groups is 1. The number of para-hydroxylation sites is 1. The van der Waals surface area contributed by atoms with Gasteiger partial charge in [-0.15, -0.1) is 5.10 Å². The summed E-state index contributed by atoms with van der Waals surface area (Å²) in [6.07, 6.45) is 0. The second kappa shape index (κ2) is 9.44. The minimum Gasteiger partial charge on any atom is -0.328 e. The second-order valence-electron chi connectivity index (χ2n) is 8.07. The molecule has 5 rings (SSSR count). The maximum absolute atomic E-state index is 13.5. The van der Waals surface area contributed by atoms with Gasteiger partial charge in [-0.3, -0.25) is 14.9 Å². The van der Waals surface area contributed by atoms with Crippen LogP contribution < -0.4 is 10.6 Å². The largest absolute Gasteiger partial charge is 0.328 e. The highest BCUT2D eigenvalue weighted by molar-refractivity contribution is 6.42. The third-order valence-corrected chi connectivity index (χ3v) is 6.44. The van der Waals surface area contributed by atoms with Gasteiger partial charge >= 0.3 is 0 Å². The van der Waals surface area contributed by atoms with Gasteiger partial charge in [0.1, 0.15) is 6.04 Å². The Balaban J connectivity index is 1.62. The fraction of sp³-hybridized carbons (Fsp3) is 0.0800. The molecule has 0 bridgehead atoms. The number of benzene rings is 3. The van der Waals surface area contributed by atoms with Crippen molar-refractivity contribution >= 4 is 46.4 Å². The highest BCUT2D eigenvalue weighted by Gasteiger charge is 2.35. The summed E-state index contributed by atoms with van der Waals surface area (Å²) in [6, 6.07) is 19.6. The predicted molar refractivity (Wildman–Crippen MR) is 138 cm³/mol. The molecule has 0 fully saturated rings. The SMILES string of the molecule is CC1=C(C(=O)Nc2ccccc2)C(c2ccc(Cl)c(Cl)c2)n2nc(-c3cccc([N+](=O)[O-])c3)nc2N1. The first kappa shape index (κ1) is 23.5.